The lowest BCUT2D eigenvalue weighted by Crippen LogP contribution is -2.69. The number of carboxylic acids is 1. The van der Waals surface area contributed by atoms with Crippen LogP contribution in [-0.2, 0) is 22.5 Å². The highest BCUT2D eigenvalue weighted by Gasteiger charge is 2.60. The number of halogens is 5. The van der Waals surface area contributed by atoms with Crippen LogP contribution in [-0.4, -0.2) is 108 Å². The standard InChI is InChI=1S/C29H36F2N8O2.C2HF3O2/c1-32-21-12-25(36-39-23(13-34-26(21)39)27(40)35-20-6-7-24(20)41-2)38-11-8-19-18(4-3-5-22(19)38)14-37-16-28(17-37)9-10-33-15-29(28,30)31;3-2(4,5)1(6)7/h3-5,12-13,20,24,32-33H,6-11,14-17H2,1-2H3,(H,35,40);(H,6,7)/t20-,24-;/m1./s1. The summed E-state index contributed by atoms with van der Waals surface area (Å²) in [5.74, 6) is -4.95. The Bertz CT molecular complexity index is 1690. The zero-order valence-corrected chi connectivity index (χ0v) is 26.4. The zero-order valence-electron chi connectivity index (χ0n) is 26.4. The smallest absolute Gasteiger partial charge is 0.475 e. The van der Waals surface area contributed by atoms with Crippen molar-refractivity contribution in [2.24, 2.45) is 5.41 Å². The largest absolute Gasteiger partial charge is 0.490 e. The molecule has 7 rings (SSSR count). The number of benzene rings is 1. The number of alkyl halides is 5. The van der Waals surface area contributed by atoms with Gasteiger partial charge in [0, 0.05) is 52.1 Å². The van der Waals surface area contributed by atoms with E-state index >= 15 is 0 Å². The summed E-state index contributed by atoms with van der Waals surface area (Å²) < 4.78 is 68.1. The van der Waals surface area contributed by atoms with E-state index in [1.807, 2.05) is 19.2 Å². The summed E-state index contributed by atoms with van der Waals surface area (Å²) >= 11 is 0. The molecule has 4 N–H and O–H groups in total. The van der Waals surface area contributed by atoms with Gasteiger partial charge in [0.1, 0.15) is 0 Å². The summed E-state index contributed by atoms with van der Waals surface area (Å²) in [4.78, 5) is 30.9. The molecule has 0 unspecified atom stereocenters. The maximum atomic E-state index is 14.7. The minimum atomic E-state index is -5.08. The van der Waals surface area contributed by atoms with Crippen molar-refractivity contribution in [3.63, 3.8) is 0 Å². The monoisotopic (exact) mass is 680 g/mol. The summed E-state index contributed by atoms with van der Waals surface area (Å²) in [5, 5.41) is 21.1. The van der Waals surface area contributed by atoms with Crippen molar-refractivity contribution in [3.05, 3.63) is 47.3 Å². The average molecular weight is 681 g/mol. The molecule has 17 heteroatoms. The van der Waals surface area contributed by atoms with Crippen molar-refractivity contribution in [1.82, 2.24) is 30.1 Å². The summed E-state index contributed by atoms with van der Waals surface area (Å²) in [6.07, 6.45) is -0.336. The van der Waals surface area contributed by atoms with E-state index < -0.39 is 23.5 Å². The number of nitrogens with zero attached hydrogens (tertiary/aromatic N) is 5. The number of amides is 1. The zero-order chi connectivity index (χ0) is 34.4. The maximum absolute atomic E-state index is 14.7. The highest BCUT2D eigenvalue weighted by molar-refractivity contribution is 5.94. The number of anilines is 3. The van der Waals surface area contributed by atoms with E-state index in [1.54, 1.807) is 17.8 Å². The first-order valence-corrected chi connectivity index (χ1v) is 15.7. The topological polar surface area (TPSA) is 136 Å². The highest BCUT2D eigenvalue weighted by Crippen LogP contribution is 2.49. The predicted molar refractivity (Wildman–Crippen MR) is 165 cm³/mol. The number of piperidine rings is 1. The van der Waals surface area contributed by atoms with E-state index in [1.165, 1.54) is 11.1 Å². The normalized spacial score (nSPS) is 22.7. The molecule has 5 heterocycles. The van der Waals surface area contributed by atoms with Gasteiger partial charge in [-0.3, -0.25) is 9.69 Å². The van der Waals surface area contributed by atoms with Crippen molar-refractivity contribution in [2.75, 3.05) is 57.1 Å². The number of carboxylic acid groups (broad SMARTS) is 1. The number of aliphatic carboxylic acids is 1. The van der Waals surface area contributed by atoms with Crippen LogP contribution in [0.25, 0.3) is 5.65 Å². The number of ether oxygens (including phenoxy) is 1. The van der Waals surface area contributed by atoms with Gasteiger partial charge in [-0.05, 0) is 49.4 Å². The van der Waals surface area contributed by atoms with Crippen LogP contribution >= 0.6 is 0 Å². The van der Waals surface area contributed by atoms with Crippen LogP contribution in [0.5, 0.6) is 0 Å². The van der Waals surface area contributed by atoms with Crippen LogP contribution in [0.2, 0.25) is 0 Å². The van der Waals surface area contributed by atoms with Crippen LogP contribution in [0.3, 0.4) is 0 Å². The highest BCUT2D eigenvalue weighted by atomic mass is 19.4. The van der Waals surface area contributed by atoms with Crippen molar-refractivity contribution in [1.29, 1.82) is 0 Å². The van der Waals surface area contributed by atoms with E-state index in [0.717, 1.165) is 37.2 Å². The molecule has 260 valence electrons. The maximum Gasteiger partial charge on any atom is 0.490 e. The van der Waals surface area contributed by atoms with Crippen molar-refractivity contribution < 1.29 is 41.4 Å². The van der Waals surface area contributed by atoms with Crippen molar-refractivity contribution >= 4 is 34.7 Å². The van der Waals surface area contributed by atoms with Gasteiger partial charge in [0.2, 0.25) is 0 Å². The fourth-order valence-electron chi connectivity index (χ4n) is 6.97. The number of hydrogen-bond acceptors (Lipinski definition) is 9. The SMILES string of the molecule is CNc1cc(N2CCc3c(CN4CC5(CCNCC5(F)F)C4)cccc32)nn2c(C(=O)N[C@@H]3CC[C@H]3OC)cnc12.O=C(O)C(F)(F)F. The van der Waals surface area contributed by atoms with Gasteiger partial charge in [-0.2, -0.15) is 13.2 Å². The van der Waals surface area contributed by atoms with E-state index in [0.29, 0.717) is 49.8 Å². The van der Waals surface area contributed by atoms with Crippen molar-refractivity contribution in [2.45, 2.75) is 56.5 Å². The van der Waals surface area contributed by atoms with Gasteiger partial charge >= 0.3 is 12.1 Å². The molecule has 3 aromatic rings. The molecule has 12 nitrogen and oxygen atoms in total. The number of hydrogen-bond donors (Lipinski definition) is 4. The molecule has 0 bridgehead atoms. The quantitative estimate of drug-likeness (QED) is 0.275. The molecule has 1 saturated carbocycles. The second-order valence-corrected chi connectivity index (χ2v) is 12.7. The summed E-state index contributed by atoms with van der Waals surface area (Å²) in [5.41, 5.74) is 4.26. The summed E-state index contributed by atoms with van der Waals surface area (Å²) in [6, 6.07) is 8.15. The van der Waals surface area contributed by atoms with Gasteiger partial charge in [-0.15, -0.1) is 5.10 Å². The Hall–Kier alpha value is -4.09. The third-order valence-corrected chi connectivity index (χ3v) is 9.78. The Labute approximate surface area is 272 Å². The fraction of sp³-hybridized carbons (Fsp3) is 0.548. The number of fused-ring (bicyclic) bond motifs is 2. The lowest BCUT2D eigenvalue weighted by Gasteiger charge is -2.56. The first-order chi connectivity index (χ1) is 22.8. The lowest BCUT2D eigenvalue weighted by molar-refractivity contribution is -0.205. The fourth-order valence-corrected chi connectivity index (χ4v) is 6.97. The van der Waals surface area contributed by atoms with E-state index in [4.69, 9.17) is 19.7 Å². The molecule has 3 aliphatic heterocycles. The molecular weight excluding hydrogens is 643 g/mol. The van der Waals surface area contributed by atoms with Crippen LogP contribution < -0.4 is 20.9 Å². The molecule has 1 aromatic carbocycles. The Morgan fingerprint density at radius 1 is 1.21 bits per heavy atom. The number of aromatic nitrogens is 3. The number of nitrogens with one attached hydrogen (secondary N) is 3. The van der Waals surface area contributed by atoms with E-state index in [-0.39, 0.29) is 24.6 Å². The third-order valence-electron chi connectivity index (χ3n) is 9.78. The number of methoxy groups -OCH3 is 1. The van der Waals surface area contributed by atoms with E-state index in [9.17, 15) is 26.7 Å². The predicted octanol–water partition coefficient (Wildman–Crippen LogP) is 3.44. The Kier molecular flexibility index (Phi) is 8.97. The van der Waals surface area contributed by atoms with Crippen LogP contribution in [0, 0.1) is 5.41 Å². The number of likely N-dealkylation sites (tertiary alicyclic amines) is 1. The van der Waals surface area contributed by atoms with Gasteiger partial charge in [0.25, 0.3) is 11.8 Å². The molecule has 2 atom stereocenters. The molecule has 1 amide bonds. The molecule has 1 aliphatic carbocycles. The van der Waals surface area contributed by atoms with Gasteiger partial charge in [-0.1, -0.05) is 12.1 Å². The lowest BCUT2D eigenvalue weighted by atomic mass is 9.69. The van der Waals surface area contributed by atoms with Gasteiger partial charge in [-0.25, -0.2) is 23.1 Å². The molecule has 4 aliphatic rings. The number of imidazole rings is 1. The molecular formula is C31H37F5N8O4. The molecule has 0 radical (unpaired) electrons. The minimum absolute atomic E-state index is 0.0174. The van der Waals surface area contributed by atoms with Crippen LogP contribution in [0.4, 0.5) is 39.1 Å². The van der Waals surface area contributed by atoms with Crippen LogP contribution in [0.1, 0.15) is 40.9 Å². The average Bonchev–Trinajstić information content (AvgIpc) is 3.64. The molecule has 2 aromatic heterocycles. The second-order valence-electron chi connectivity index (χ2n) is 12.7. The Balaban J connectivity index is 0.000000519. The molecule has 48 heavy (non-hydrogen) atoms. The van der Waals surface area contributed by atoms with Gasteiger partial charge in [0.05, 0.1) is 36.0 Å². The molecule has 2 saturated heterocycles. The molecule has 1 spiro atoms. The number of rotatable bonds is 7. The summed E-state index contributed by atoms with van der Waals surface area (Å²) in [6.45, 7) is 2.67. The number of carbonyl (C=O) groups excluding carboxylic acids is 1. The van der Waals surface area contributed by atoms with Gasteiger partial charge in [0.15, 0.2) is 17.2 Å². The van der Waals surface area contributed by atoms with E-state index in [2.05, 4.69) is 42.9 Å². The Morgan fingerprint density at radius 3 is 2.58 bits per heavy atom. The summed E-state index contributed by atoms with van der Waals surface area (Å²) in [7, 11) is 3.49. The number of carbonyl (C=O) groups is 2. The Morgan fingerprint density at radius 2 is 1.96 bits per heavy atom. The second kappa shape index (κ2) is 12.7. The molecule has 3 fully saturated rings. The first-order valence-electron chi connectivity index (χ1n) is 15.7. The van der Waals surface area contributed by atoms with Crippen molar-refractivity contribution in [3.8, 4) is 0 Å². The third kappa shape index (κ3) is 6.14. The van der Waals surface area contributed by atoms with Gasteiger partial charge < -0.3 is 30.7 Å². The minimum Gasteiger partial charge on any atom is -0.475 e. The first kappa shape index (κ1) is 33.8. The van der Waals surface area contributed by atoms with Crippen LogP contribution in [0.15, 0.2) is 30.5 Å².